The molecule has 1 aromatic rings. The molecule has 1 aliphatic heterocycles. The molecule has 1 aliphatic rings. The van der Waals surface area contributed by atoms with Crippen LogP contribution < -0.4 is 4.90 Å². The maximum Gasteiger partial charge on any atom is 0.273 e. The molecular formula is C14H19ClN2O3. The summed E-state index contributed by atoms with van der Waals surface area (Å²) in [6, 6.07) is 5.11. The van der Waals surface area contributed by atoms with Crippen molar-refractivity contribution in [2.24, 2.45) is 0 Å². The van der Waals surface area contributed by atoms with Crippen LogP contribution in [0.3, 0.4) is 0 Å². The molecule has 2 rings (SSSR count). The number of nitrogens with zero attached hydrogens (tertiary/aromatic N) is 2. The molecule has 5 nitrogen and oxygen atoms in total. The van der Waals surface area contributed by atoms with Gasteiger partial charge in [0.1, 0.15) is 0 Å². The molecule has 1 fully saturated rings. The molecule has 1 aromatic carbocycles. The fourth-order valence-electron chi connectivity index (χ4n) is 2.70. The highest BCUT2D eigenvalue weighted by Crippen LogP contribution is 2.30. The molecule has 0 amide bonds. The summed E-state index contributed by atoms with van der Waals surface area (Å²) in [5.74, 6) is 0.132. The van der Waals surface area contributed by atoms with Crippen LogP contribution in [0.1, 0.15) is 26.3 Å². The van der Waals surface area contributed by atoms with E-state index in [0.29, 0.717) is 5.56 Å². The van der Waals surface area contributed by atoms with E-state index >= 15 is 0 Å². The zero-order valence-electron chi connectivity index (χ0n) is 11.9. The van der Waals surface area contributed by atoms with E-state index in [1.807, 2.05) is 20.8 Å². The van der Waals surface area contributed by atoms with Crippen LogP contribution >= 0.6 is 11.6 Å². The summed E-state index contributed by atoms with van der Waals surface area (Å²) in [6.45, 7) is 7.63. The van der Waals surface area contributed by atoms with Crippen LogP contribution in [0.2, 0.25) is 0 Å². The number of anilines is 1. The van der Waals surface area contributed by atoms with Gasteiger partial charge in [0.15, 0.2) is 0 Å². The molecule has 1 heterocycles. The first-order chi connectivity index (χ1) is 9.32. The van der Waals surface area contributed by atoms with Crippen molar-refractivity contribution in [1.29, 1.82) is 0 Å². The number of morpholine rings is 1. The Morgan fingerprint density at radius 2 is 2.25 bits per heavy atom. The average Bonchev–Trinajstić information content (AvgIpc) is 2.35. The molecule has 0 aliphatic carbocycles. The maximum atomic E-state index is 10.9. The average molecular weight is 299 g/mol. The molecule has 110 valence electrons. The van der Waals surface area contributed by atoms with Crippen molar-refractivity contribution >= 4 is 23.0 Å². The Hall–Kier alpha value is -1.33. The predicted octanol–water partition coefficient (Wildman–Crippen LogP) is 3.34. The van der Waals surface area contributed by atoms with Crippen molar-refractivity contribution in [1.82, 2.24) is 0 Å². The number of ether oxygens (including phenoxy) is 1. The fourth-order valence-corrected chi connectivity index (χ4v) is 2.92. The zero-order chi connectivity index (χ0) is 14.9. The second-order valence-corrected chi connectivity index (χ2v) is 6.04. The first kappa shape index (κ1) is 15.1. The van der Waals surface area contributed by atoms with Gasteiger partial charge in [-0.15, -0.1) is 11.6 Å². The number of halogens is 1. The molecular weight excluding hydrogens is 280 g/mol. The van der Waals surface area contributed by atoms with Gasteiger partial charge >= 0.3 is 0 Å². The zero-order valence-corrected chi connectivity index (χ0v) is 12.7. The Bertz CT molecular complexity index is 519. The molecule has 0 aromatic heterocycles. The van der Waals surface area contributed by atoms with Crippen LogP contribution in [0.4, 0.5) is 11.4 Å². The molecule has 0 bridgehead atoms. The van der Waals surface area contributed by atoms with E-state index in [-0.39, 0.29) is 23.3 Å². The van der Waals surface area contributed by atoms with Gasteiger partial charge in [0.25, 0.3) is 5.69 Å². The lowest BCUT2D eigenvalue weighted by Crippen LogP contribution is -2.52. The van der Waals surface area contributed by atoms with Gasteiger partial charge in [-0.3, -0.25) is 10.1 Å². The van der Waals surface area contributed by atoms with Crippen molar-refractivity contribution in [3.8, 4) is 0 Å². The van der Waals surface area contributed by atoms with E-state index in [4.69, 9.17) is 16.3 Å². The van der Waals surface area contributed by atoms with Gasteiger partial charge in [-0.2, -0.15) is 0 Å². The summed E-state index contributed by atoms with van der Waals surface area (Å²) < 4.78 is 5.87. The number of hydrogen-bond donors (Lipinski definition) is 0. The lowest BCUT2D eigenvalue weighted by atomic mass is 10.0. The largest absolute Gasteiger partial charge is 0.369 e. The van der Waals surface area contributed by atoms with Crippen LogP contribution in [0, 0.1) is 10.1 Å². The summed E-state index contributed by atoms with van der Waals surface area (Å²) >= 11 is 5.82. The number of nitro groups is 1. The first-order valence-electron chi connectivity index (χ1n) is 6.58. The Kier molecular flexibility index (Phi) is 4.20. The van der Waals surface area contributed by atoms with E-state index in [2.05, 4.69) is 4.90 Å². The topological polar surface area (TPSA) is 55.6 Å². The molecule has 0 N–H and O–H groups in total. The number of hydrogen-bond acceptors (Lipinski definition) is 4. The van der Waals surface area contributed by atoms with Crippen molar-refractivity contribution in [3.05, 3.63) is 33.9 Å². The lowest BCUT2D eigenvalue weighted by Gasteiger charge is -2.43. The van der Waals surface area contributed by atoms with Gasteiger partial charge < -0.3 is 9.64 Å². The Morgan fingerprint density at radius 3 is 2.80 bits per heavy atom. The summed E-state index contributed by atoms with van der Waals surface area (Å²) in [5, 5.41) is 10.9. The number of benzene rings is 1. The second-order valence-electron chi connectivity index (χ2n) is 5.77. The van der Waals surface area contributed by atoms with Crippen LogP contribution in [0.15, 0.2) is 18.2 Å². The van der Waals surface area contributed by atoms with Crippen LogP contribution in [0.5, 0.6) is 0 Å². The van der Waals surface area contributed by atoms with E-state index in [0.717, 1.165) is 18.8 Å². The summed E-state index contributed by atoms with van der Waals surface area (Å²) in [5.41, 5.74) is 1.34. The van der Waals surface area contributed by atoms with Crippen LogP contribution in [-0.2, 0) is 10.6 Å². The lowest BCUT2D eigenvalue weighted by molar-refractivity contribution is -0.385. The minimum Gasteiger partial charge on any atom is -0.369 e. The summed E-state index contributed by atoms with van der Waals surface area (Å²) in [6.07, 6.45) is 0.119. The van der Waals surface area contributed by atoms with Crippen molar-refractivity contribution in [2.75, 3.05) is 18.0 Å². The third kappa shape index (κ3) is 3.22. The van der Waals surface area contributed by atoms with Gasteiger partial charge in [0, 0.05) is 30.4 Å². The Labute approximate surface area is 123 Å². The SMILES string of the molecule is CC1CN(c2ccc([N+](=O)[O-])c(CCl)c2)CC(C)(C)O1. The van der Waals surface area contributed by atoms with E-state index in [9.17, 15) is 10.1 Å². The minimum atomic E-state index is -0.395. The van der Waals surface area contributed by atoms with Gasteiger partial charge in [-0.05, 0) is 32.9 Å². The maximum absolute atomic E-state index is 10.9. The van der Waals surface area contributed by atoms with Gasteiger partial charge in [-0.25, -0.2) is 0 Å². The predicted molar refractivity (Wildman–Crippen MR) is 79.5 cm³/mol. The fraction of sp³-hybridized carbons (Fsp3) is 0.571. The molecule has 1 saturated heterocycles. The molecule has 0 saturated carbocycles. The van der Waals surface area contributed by atoms with Crippen LogP contribution in [-0.4, -0.2) is 29.7 Å². The first-order valence-corrected chi connectivity index (χ1v) is 7.12. The monoisotopic (exact) mass is 298 g/mol. The highest BCUT2D eigenvalue weighted by molar-refractivity contribution is 6.17. The summed E-state index contributed by atoms with van der Waals surface area (Å²) in [4.78, 5) is 12.7. The van der Waals surface area contributed by atoms with E-state index in [1.54, 1.807) is 12.1 Å². The number of rotatable bonds is 3. The molecule has 0 radical (unpaired) electrons. The number of alkyl halides is 1. The minimum absolute atomic E-state index is 0.0734. The van der Waals surface area contributed by atoms with Gasteiger partial charge in [0.05, 0.1) is 22.5 Å². The third-order valence-corrected chi connectivity index (χ3v) is 3.63. The van der Waals surface area contributed by atoms with Gasteiger partial charge in [0.2, 0.25) is 0 Å². The normalized spacial score (nSPS) is 21.8. The van der Waals surface area contributed by atoms with Crippen molar-refractivity contribution < 1.29 is 9.66 Å². The van der Waals surface area contributed by atoms with E-state index in [1.165, 1.54) is 6.07 Å². The Balaban J connectivity index is 2.31. The van der Waals surface area contributed by atoms with Crippen molar-refractivity contribution in [2.45, 2.75) is 38.4 Å². The molecule has 20 heavy (non-hydrogen) atoms. The highest BCUT2D eigenvalue weighted by Gasteiger charge is 2.31. The smallest absolute Gasteiger partial charge is 0.273 e. The summed E-state index contributed by atoms with van der Waals surface area (Å²) in [7, 11) is 0. The number of nitro benzene ring substituents is 1. The second kappa shape index (κ2) is 5.58. The van der Waals surface area contributed by atoms with Crippen molar-refractivity contribution in [3.63, 3.8) is 0 Å². The molecule has 1 atom stereocenters. The van der Waals surface area contributed by atoms with Gasteiger partial charge in [-0.1, -0.05) is 0 Å². The molecule has 0 spiro atoms. The molecule has 6 heteroatoms. The highest BCUT2D eigenvalue weighted by atomic mass is 35.5. The third-order valence-electron chi connectivity index (χ3n) is 3.34. The van der Waals surface area contributed by atoms with Crippen LogP contribution in [0.25, 0.3) is 0 Å². The Morgan fingerprint density at radius 1 is 1.55 bits per heavy atom. The quantitative estimate of drug-likeness (QED) is 0.488. The standard InChI is InChI=1S/C14H19ClN2O3/c1-10-8-16(9-14(2,3)20-10)12-4-5-13(17(18)19)11(6-12)7-15/h4-6,10H,7-9H2,1-3H3. The van der Waals surface area contributed by atoms with E-state index < -0.39 is 4.92 Å². The molecule has 1 unspecified atom stereocenters.